The average molecular weight is 522 g/mol. The van der Waals surface area contributed by atoms with Crippen molar-refractivity contribution in [3.63, 3.8) is 0 Å². The van der Waals surface area contributed by atoms with Crippen LogP contribution in [0.15, 0.2) is 41.4 Å². The number of benzene rings is 1. The molecule has 30 heavy (non-hydrogen) atoms. The van der Waals surface area contributed by atoms with Crippen molar-refractivity contribution in [3.8, 4) is 0 Å². The van der Waals surface area contributed by atoms with Crippen LogP contribution in [0.1, 0.15) is 30.9 Å². The van der Waals surface area contributed by atoms with Crippen molar-refractivity contribution in [3.05, 3.63) is 47.5 Å². The van der Waals surface area contributed by atoms with Crippen LogP contribution in [0, 0.1) is 23.7 Å². The van der Waals surface area contributed by atoms with Crippen molar-refractivity contribution >= 4 is 41.8 Å². The number of likely N-dealkylation sites (tertiary alicyclic amines) is 1. The summed E-state index contributed by atoms with van der Waals surface area (Å²) < 4.78 is 0. The van der Waals surface area contributed by atoms with Gasteiger partial charge in [-0.1, -0.05) is 43.3 Å². The van der Waals surface area contributed by atoms with Gasteiger partial charge >= 0.3 is 0 Å². The maximum Gasteiger partial charge on any atom is 0.233 e. The summed E-state index contributed by atoms with van der Waals surface area (Å²) in [6, 6.07) is 8.39. The van der Waals surface area contributed by atoms with Crippen LogP contribution in [0.2, 0.25) is 0 Å². The van der Waals surface area contributed by atoms with Gasteiger partial charge in [0.15, 0.2) is 5.96 Å². The van der Waals surface area contributed by atoms with Crippen LogP contribution in [0.5, 0.6) is 0 Å². The smallest absolute Gasteiger partial charge is 0.233 e. The number of aliphatic imine (C=N–C) groups is 1. The second kappa shape index (κ2) is 9.94. The monoisotopic (exact) mass is 522 g/mol. The normalized spacial score (nSPS) is 26.7. The number of guanidine groups is 1. The summed E-state index contributed by atoms with van der Waals surface area (Å²) >= 11 is 0. The molecule has 4 unspecified atom stereocenters. The molecule has 4 rings (SSSR count). The summed E-state index contributed by atoms with van der Waals surface area (Å²) in [5, 5.41) is 6.63. The second-order valence-electron chi connectivity index (χ2n) is 8.16. The number of hydrogen-bond donors (Lipinski definition) is 2. The molecule has 1 aromatic carbocycles. The number of nitrogens with one attached hydrogen (secondary N) is 2. The number of carbonyl (C=O) groups is 2. The van der Waals surface area contributed by atoms with Gasteiger partial charge < -0.3 is 10.6 Å². The number of rotatable bonds is 7. The standard InChI is InChI=1S/C23H30N4O2.HI/c1-3-15-7-4-5-8-18(15)14-26-23(24-2)25-11-6-12-27-21(28)19-16-9-10-17(13-16)20(19)22(27)29;/h4-5,7-10,16-17,19-20H,3,6,11-14H2,1-2H3,(H2,24,25,26);1H. The molecule has 2 fully saturated rings. The number of allylic oxidation sites excluding steroid dienone is 2. The number of aryl methyl sites for hydroxylation is 1. The Morgan fingerprint density at radius 1 is 1.07 bits per heavy atom. The van der Waals surface area contributed by atoms with E-state index in [9.17, 15) is 9.59 Å². The maximum absolute atomic E-state index is 12.7. The van der Waals surface area contributed by atoms with Crippen LogP contribution in [0.3, 0.4) is 0 Å². The summed E-state index contributed by atoms with van der Waals surface area (Å²) in [4.78, 5) is 31.2. The Bertz CT molecular complexity index is 823. The van der Waals surface area contributed by atoms with Crippen LogP contribution >= 0.6 is 24.0 Å². The molecule has 0 radical (unpaired) electrons. The Kier molecular flexibility index (Phi) is 7.55. The lowest BCUT2D eigenvalue weighted by atomic mass is 9.85. The molecule has 0 aromatic heterocycles. The largest absolute Gasteiger partial charge is 0.356 e. The van der Waals surface area contributed by atoms with Gasteiger partial charge in [0.2, 0.25) is 11.8 Å². The summed E-state index contributed by atoms with van der Waals surface area (Å²) in [5.41, 5.74) is 2.59. The number of amides is 2. The lowest BCUT2D eigenvalue weighted by Crippen LogP contribution is -2.39. The number of imide groups is 1. The van der Waals surface area contributed by atoms with E-state index in [0.29, 0.717) is 26.1 Å². The summed E-state index contributed by atoms with van der Waals surface area (Å²) in [6.07, 6.45) is 6.96. The quantitative estimate of drug-likeness (QED) is 0.144. The number of halogens is 1. The molecule has 1 aromatic rings. The van der Waals surface area contributed by atoms with E-state index >= 15 is 0 Å². The zero-order chi connectivity index (χ0) is 20.4. The zero-order valence-electron chi connectivity index (χ0n) is 17.6. The molecular weight excluding hydrogens is 491 g/mol. The van der Waals surface area contributed by atoms with E-state index in [2.05, 4.69) is 52.9 Å². The molecule has 7 heteroatoms. The van der Waals surface area contributed by atoms with E-state index in [-0.39, 0.29) is 59.5 Å². The van der Waals surface area contributed by atoms with Crippen LogP contribution in [0.25, 0.3) is 0 Å². The first-order chi connectivity index (χ1) is 14.1. The third-order valence-corrected chi connectivity index (χ3v) is 6.58. The van der Waals surface area contributed by atoms with Gasteiger partial charge in [-0.2, -0.15) is 0 Å². The first-order valence-electron chi connectivity index (χ1n) is 10.7. The minimum Gasteiger partial charge on any atom is -0.356 e. The first kappa shape index (κ1) is 22.8. The van der Waals surface area contributed by atoms with E-state index < -0.39 is 0 Å². The van der Waals surface area contributed by atoms with Gasteiger partial charge in [-0.3, -0.25) is 19.5 Å². The van der Waals surface area contributed by atoms with Gasteiger partial charge in [-0.25, -0.2) is 0 Å². The number of nitrogens with zero attached hydrogens (tertiary/aromatic N) is 2. The van der Waals surface area contributed by atoms with E-state index in [0.717, 1.165) is 18.8 Å². The lowest BCUT2D eigenvalue weighted by molar-refractivity contribution is -0.140. The Hall–Kier alpha value is -1.90. The Labute approximate surface area is 195 Å². The Balaban J connectivity index is 0.00000256. The molecule has 162 valence electrons. The first-order valence-corrected chi connectivity index (χ1v) is 10.7. The SMILES string of the molecule is CCc1ccccc1CNC(=NC)NCCCN1C(=O)C2C3C=CC(C3)C2C1=O.I. The predicted octanol–water partition coefficient (Wildman–Crippen LogP) is 2.73. The molecule has 2 amide bonds. The van der Waals surface area contributed by atoms with Gasteiger partial charge in [0.1, 0.15) is 0 Å². The molecule has 3 aliphatic rings. The van der Waals surface area contributed by atoms with Crippen LogP contribution < -0.4 is 10.6 Å². The van der Waals surface area contributed by atoms with Gasteiger partial charge in [0.05, 0.1) is 11.8 Å². The van der Waals surface area contributed by atoms with Crippen LogP contribution in [-0.4, -0.2) is 42.8 Å². The predicted molar refractivity (Wildman–Crippen MR) is 128 cm³/mol. The van der Waals surface area contributed by atoms with E-state index in [1.807, 2.05) is 6.07 Å². The molecular formula is C23H31IN4O2. The topological polar surface area (TPSA) is 73.8 Å². The highest BCUT2D eigenvalue weighted by Gasteiger charge is 2.58. The molecule has 2 aliphatic carbocycles. The van der Waals surface area contributed by atoms with Gasteiger partial charge in [-0.15, -0.1) is 24.0 Å². The van der Waals surface area contributed by atoms with Crippen LogP contribution in [0.4, 0.5) is 0 Å². The number of hydrogen-bond acceptors (Lipinski definition) is 3. The highest BCUT2D eigenvalue weighted by molar-refractivity contribution is 14.0. The van der Waals surface area contributed by atoms with Crippen molar-refractivity contribution in [2.45, 2.75) is 32.7 Å². The van der Waals surface area contributed by atoms with Crippen molar-refractivity contribution in [2.24, 2.45) is 28.7 Å². The van der Waals surface area contributed by atoms with Crippen LogP contribution in [-0.2, 0) is 22.6 Å². The molecule has 6 nitrogen and oxygen atoms in total. The fourth-order valence-electron chi connectivity index (χ4n) is 5.10. The molecule has 0 spiro atoms. The average Bonchev–Trinajstić information content (AvgIpc) is 3.42. The van der Waals surface area contributed by atoms with Gasteiger partial charge in [-0.05, 0) is 42.2 Å². The maximum atomic E-state index is 12.7. The number of carbonyl (C=O) groups excluding carboxylic acids is 2. The van der Waals surface area contributed by atoms with Gasteiger partial charge in [0, 0.05) is 26.7 Å². The molecule has 2 N–H and O–H groups in total. The second-order valence-corrected chi connectivity index (χ2v) is 8.16. The van der Waals surface area contributed by atoms with Crippen molar-refractivity contribution in [2.75, 3.05) is 20.1 Å². The van der Waals surface area contributed by atoms with Gasteiger partial charge in [0.25, 0.3) is 0 Å². The fraction of sp³-hybridized carbons (Fsp3) is 0.522. The minimum absolute atomic E-state index is 0. The summed E-state index contributed by atoms with van der Waals surface area (Å²) in [5.74, 6) is 1.16. The summed E-state index contributed by atoms with van der Waals surface area (Å²) in [7, 11) is 1.75. The molecule has 1 saturated heterocycles. The Morgan fingerprint density at radius 3 is 2.30 bits per heavy atom. The molecule has 1 saturated carbocycles. The van der Waals surface area contributed by atoms with Crippen molar-refractivity contribution in [1.82, 2.24) is 15.5 Å². The molecule has 4 atom stereocenters. The van der Waals surface area contributed by atoms with E-state index in [1.54, 1.807) is 7.05 Å². The highest BCUT2D eigenvalue weighted by atomic mass is 127. The third kappa shape index (κ3) is 4.26. The molecule has 1 heterocycles. The highest BCUT2D eigenvalue weighted by Crippen LogP contribution is 2.52. The molecule has 1 aliphatic heterocycles. The van der Waals surface area contributed by atoms with E-state index in [4.69, 9.17) is 0 Å². The van der Waals surface area contributed by atoms with E-state index in [1.165, 1.54) is 16.0 Å². The fourth-order valence-corrected chi connectivity index (χ4v) is 5.10. The third-order valence-electron chi connectivity index (χ3n) is 6.58. The lowest BCUT2D eigenvalue weighted by Gasteiger charge is -2.18. The number of fused-ring (bicyclic) bond motifs is 5. The molecule has 2 bridgehead atoms. The van der Waals surface area contributed by atoms with Crippen molar-refractivity contribution in [1.29, 1.82) is 0 Å². The minimum atomic E-state index is -0.0986. The van der Waals surface area contributed by atoms with Crippen molar-refractivity contribution < 1.29 is 9.59 Å². The summed E-state index contributed by atoms with van der Waals surface area (Å²) in [6.45, 7) is 4.01. The zero-order valence-corrected chi connectivity index (χ0v) is 20.0. The Morgan fingerprint density at radius 2 is 1.70 bits per heavy atom.